The molecule has 0 aliphatic rings. The summed E-state index contributed by atoms with van der Waals surface area (Å²) in [5.74, 6) is 1.01. The summed E-state index contributed by atoms with van der Waals surface area (Å²) in [5, 5.41) is 2.75. The van der Waals surface area contributed by atoms with E-state index in [4.69, 9.17) is 15.2 Å². The zero-order chi connectivity index (χ0) is 13.5. The van der Waals surface area contributed by atoms with Crippen LogP contribution in [0.3, 0.4) is 0 Å². The third-order valence-corrected chi connectivity index (χ3v) is 2.60. The van der Waals surface area contributed by atoms with Crippen molar-refractivity contribution in [2.45, 2.75) is 25.8 Å². The topological polar surface area (TPSA) is 73.6 Å². The van der Waals surface area contributed by atoms with Crippen LogP contribution in [0, 0.1) is 0 Å². The molecule has 6 heteroatoms. The molecule has 1 rings (SSSR count). The number of hydrogen-bond acceptors (Lipinski definition) is 4. The van der Waals surface area contributed by atoms with Gasteiger partial charge in [-0.3, -0.25) is 4.79 Å². The fourth-order valence-electron chi connectivity index (χ4n) is 1.57. The number of halogens is 1. The number of hydrogen-bond donors (Lipinski definition) is 2. The molecule has 1 aromatic rings. The minimum Gasteiger partial charge on any atom is -0.497 e. The first kappa shape index (κ1) is 17.5. The zero-order valence-electron chi connectivity index (χ0n) is 11.4. The van der Waals surface area contributed by atoms with E-state index in [1.807, 2.05) is 6.92 Å². The SMILES string of the molecule is CCCC(N)C(=O)Nc1ccc(OC)cc1OC.Cl. The van der Waals surface area contributed by atoms with E-state index < -0.39 is 6.04 Å². The van der Waals surface area contributed by atoms with E-state index in [9.17, 15) is 4.79 Å². The van der Waals surface area contributed by atoms with Crippen LogP contribution in [0.2, 0.25) is 0 Å². The first-order valence-electron chi connectivity index (χ1n) is 5.90. The van der Waals surface area contributed by atoms with Gasteiger partial charge in [-0.05, 0) is 18.6 Å². The van der Waals surface area contributed by atoms with Crippen LogP contribution in [0.1, 0.15) is 19.8 Å². The molecule has 0 fully saturated rings. The maximum absolute atomic E-state index is 11.8. The number of rotatable bonds is 6. The van der Waals surface area contributed by atoms with Crippen LogP contribution in [0.25, 0.3) is 0 Å². The van der Waals surface area contributed by atoms with Gasteiger partial charge in [0.2, 0.25) is 5.91 Å². The molecule has 0 aliphatic carbocycles. The van der Waals surface area contributed by atoms with E-state index in [2.05, 4.69) is 5.32 Å². The number of methoxy groups -OCH3 is 2. The number of amides is 1. The summed E-state index contributed by atoms with van der Waals surface area (Å²) >= 11 is 0. The fraction of sp³-hybridized carbons (Fsp3) is 0.462. The number of benzene rings is 1. The Morgan fingerprint density at radius 3 is 2.58 bits per heavy atom. The van der Waals surface area contributed by atoms with E-state index in [1.165, 1.54) is 7.11 Å². The van der Waals surface area contributed by atoms with Crippen LogP contribution >= 0.6 is 12.4 Å². The van der Waals surface area contributed by atoms with E-state index in [0.29, 0.717) is 23.6 Å². The molecule has 0 radical (unpaired) electrons. The van der Waals surface area contributed by atoms with Crippen molar-refractivity contribution in [1.82, 2.24) is 0 Å². The fourth-order valence-corrected chi connectivity index (χ4v) is 1.57. The highest BCUT2D eigenvalue weighted by atomic mass is 35.5. The molecular weight excluding hydrogens is 268 g/mol. The van der Waals surface area contributed by atoms with Gasteiger partial charge in [0.05, 0.1) is 25.9 Å². The Morgan fingerprint density at radius 2 is 2.05 bits per heavy atom. The summed E-state index contributed by atoms with van der Waals surface area (Å²) in [6, 6.07) is 4.69. The lowest BCUT2D eigenvalue weighted by Crippen LogP contribution is -2.35. The standard InChI is InChI=1S/C13H20N2O3.ClH/c1-4-5-10(14)13(16)15-11-7-6-9(17-2)8-12(11)18-3;/h6-8,10H,4-5,14H2,1-3H3,(H,15,16);1H. The highest BCUT2D eigenvalue weighted by Gasteiger charge is 2.14. The molecule has 5 nitrogen and oxygen atoms in total. The maximum Gasteiger partial charge on any atom is 0.241 e. The van der Waals surface area contributed by atoms with Crippen LogP contribution in [0.4, 0.5) is 5.69 Å². The number of nitrogens with two attached hydrogens (primary N) is 1. The predicted molar refractivity (Wildman–Crippen MR) is 78.3 cm³/mol. The second-order valence-electron chi connectivity index (χ2n) is 3.95. The third-order valence-electron chi connectivity index (χ3n) is 2.60. The van der Waals surface area contributed by atoms with Crippen LogP contribution in [0.5, 0.6) is 11.5 Å². The van der Waals surface area contributed by atoms with Crippen LogP contribution < -0.4 is 20.5 Å². The third kappa shape index (κ3) is 4.96. The maximum atomic E-state index is 11.8. The summed E-state index contributed by atoms with van der Waals surface area (Å²) in [4.78, 5) is 11.8. The molecule has 0 aromatic heterocycles. The normalized spacial score (nSPS) is 11.2. The van der Waals surface area contributed by atoms with Crippen molar-refractivity contribution >= 4 is 24.0 Å². The Bertz CT molecular complexity index is 413. The molecule has 0 saturated heterocycles. The Balaban J connectivity index is 0.00000324. The molecule has 0 spiro atoms. The highest BCUT2D eigenvalue weighted by Crippen LogP contribution is 2.29. The second kappa shape index (κ2) is 8.61. The second-order valence-corrected chi connectivity index (χ2v) is 3.95. The van der Waals surface area contributed by atoms with Gasteiger partial charge in [0.15, 0.2) is 0 Å². The quantitative estimate of drug-likeness (QED) is 0.841. The Hall–Kier alpha value is -1.46. The van der Waals surface area contributed by atoms with Gasteiger partial charge in [0.1, 0.15) is 11.5 Å². The Morgan fingerprint density at radius 1 is 1.37 bits per heavy atom. The van der Waals surface area contributed by atoms with Crippen molar-refractivity contribution in [3.63, 3.8) is 0 Å². The summed E-state index contributed by atoms with van der Waals surface area (Å²) in [6.45, 7) is 1.99. The molecule has 1 amide bonds. The number of carbonyl (C=O) groups is 1. The van der Waals surface area contributed by atoms with Crippen molar-refractivity contribution in [2.24, 2.45) is 5.73 Å². The van der Waals surface area contributed by atoms with Crippen molar-refractivity contribution < 1.29 is 14.3 Å². The Labute approximate surface area is 119 Å². The van der Waals surface area contributed by atoms with Crippen molar-refractivity contribution in [2.75, 3.05) is 19.5 Å². The number of ether oxygens (including phenoxy) is 2. The summed E-state index contributed by atoms with van der Waals surface area (Å²) in [6.07, 6.45) is 1.53. The lowest BCUT2D eigenvalue weighted by atomic mass is 10.1. The van der Waals surface area contributed by atoms with Gasteiger partial charge in [-0.1, -0.05) is 13.3 Å². The highest BCUT2D eigenvalue weighted by molar-refractivity contribution is 5.96. The van der Waals surface area contributed by atoms with Crippen molar-refractivity contribution in [1.29, 1.82) is 0 Å². The number of nitrogens with one attached hydrogen (secondary N) is 1. The van der Waals surface area contributed by atoms with Crippen LogP contribution in [-0.4, -0.2) is 26.2 Å². The molecule has 1 atom stereocenters. The van der Waals surface area contributed by atoms with Gasteiger partial charge < -0.3 is 20.5 Å². The predicted octanol–water partition coefficient (Wildman–Crippen LogP) is 2.19. The smallest absolute Gasteiger partial charge is 0.241 e. The van der Waals surface area contributed by atoms with E-state index in [-0.39, 0.29) is 18.3 Å². The van der Waals surface area contributed by atoms with Crippen molar-refractivity contribution in [3.8, 4) is 11.5 Å². The van der Waals surface area contributed by atoms with Gasteiger partial charge in [0.25, 0.3) is 0 Å². The molecule has 3 N–H and O–H groups in total. The Kier molecular flexibility index (Phi) is 7.95. The minimum atomic E-state index is -0.498. The average Bonchev–Trinajstić information content (AvgIpc) is 2.39. The molecule has 19 heavy (non-hydrogen) atoms. The van der Waals surface area contributed by atoms with Gasteiger partial charge in [-0.2, -0.15) is 0 Å². The molecular formula is C13H21ClN2O3. The number of anilines is 1. The molecule has 1 unspecified atom stereocenters. The first-order chi connectivity index (χ1) is 8.62. The molecule has 0 bridgehead atoms. The van der Waals surface area contributed by atoms with Gasteiger partial charge in [0, 0.05) is 6.07 Å². The largest absolute Gasteiger partial charge is 0.497 e. The summed E-state index contributed by atoms with van der Waals surface area (Å²) in [5.41, 5.74) is 6.34. The molecule has 108 valence electrons. The lowest BCUT2D eigenvalue weighted by molar-refractivity contribution is -0.117. The van der Waals surface area contributed by atoms with Gasteiger partial charge in [-0.25, -0.2) is 0 Å². The molecule has 0 heterocycles. The van der Waals surface area contributed by atoms with Gasteiger partial charge >= 0.3 is 0 Å². The van der Waals surface area contributed by atoms with E-state index in [0.717, 1.165) is 6.42 Å². The summed E-state index contributed by atoms with van der Waals surface area (Å²) < 4.78 is 10.3. The average molecular weight is 289 g/mol. The van der Waals surface area contributed by atoms with Crippen molar-refractivity contribution in [3.05, 3.63) is 18.2 Å². The summed E-state index contributed by atoms with van der Waals surface area (Å²) in [7, 11) is 3.11. The lowest BCUT2D eigenvalue weighted by Gasteiger charge is -2.14. The molecule has 0 saturated carbocycles. The van der Waals surface area contributed by atoms with E-state index >= 15 is 0 Å². The first-order valence-corrected chi connectivity index (χ1v) is 5.90. The van der Waals surface area contributed by atoms with Gasteiger partial charge in [-0.15, -0.1) is 12.4 Å². The van der Waals surface area contributed by atoms with E-state index in [1.54, 1.807) is 25.3 Å². The monoisotopic (exact) mass is 288 g/mol. The molecule has 0 aliphatic heterocycles. The minimum absolute atomic E-state index is 0. The number of carbonyl (C=O) groups excluding carboxylic acids is 1. The molecule has 1 aromatic carbocycles. The van der Waals surface area contributed by atoms with Crippen LogP contribution in [0.15, 0.2) is 18.2 Å². The zero-order valence-corrected chi connectivity index (χ0v) is 12.3. The van der Waals surface area contributed by atoms with Crippen LogP contribution in [-0.2, 0) is 4.79 Å².